The van der Waals surface area contributed by atoms with Crippen LogP contribution in [0.2, 0.25) is 0 Å². The van der Waals surface area contributed by atoms with Crippen LogP contribution in [0.1, 0.15) is 5.56 Å². The summed E-state index contributed by atoms with van der Waals surface area (Å²) in [6, 6.07) is 5.08. The number of aryl methyl sites for hydroxylation is 1. The van der Waals surface area contributed by atoms with E-state index in [0.29, 0.717) is 37.7 Å². The van der Waals surface area contributed by atoms with Crippen LogP contribution in [0.3, 0.4) is 0 Å². The first-order valence-corrected chi connectivity index (χ1v) is 6.37. The average molecular weight is 276 g/mol. The number of hydrogen-bond acceptors (Lipinski definition) is 5. The number of amides is 1. The van der Waals surface area contributed by atoms with Gasteiger partial charge in [0, 0.05) is 13.1 Å². The van der Waals surface area contributed by atoms with Crippen molar-refractivity contribution in [2.75, 3.05) is 32.9 Å². The highest BCUT2D eigenvalue weighted by atomic mass is 16.5. The van der Waals surface area contributed by atoms with E-state index in [1.807, 2.05) is 6.92 Å². The van der Waals surface area contributed by atoms with Crippen molar-refractivity contribution in [3.8, 4) is 5.75 Å². The number of rotatable bonds is 4. The smallest absolute Gasteiger partial charge is 0.260 e. The molecule has 6 nitrogen and oxygen atoms in total. The van der Waals surface area contributed by atoms with E-state index in [1.54, 1.807) is 23.1 Å². The van der Waals surface area contributed by atoms with Crippen molar-refractivity contribution in [3.05, 3.63) is 23.8 Å². The number of aliphatic imine (C=N–C) groups is 1. The lowest BCUT2D eigenvalue weighted by molar-refractivity contribution is -0.137. The minimum absolute atomic E-state index is 0.00423. The molecule has 0 aliphatic carbocycles. The van der Waals surface area contributed by atoms with Crippen LogP contribution in [-0.4, -0.2) is 49.8 Å². The standard InChI is InChI=1S/C14H16N2O4/c1-11-8-12(2-3-13(11)15-10-17)20-9-14(18)16-4-6-19-7-5-16/h2-3,8H,4-7,9H2,1H3. The normalized spacial score (nSPS) is 14.6. The molecule has 20 heavy (non-hydrogen) atoms. The molecule has 1 heterocycles. The molecule has 0 saturated carbocycles. The van der Waals surface area contributed by atoms with Crippen LogP contribution in [0.4, 0.5) is 5.69 Å². The molecular formula is C14H16N2O4. The first kappa shape index (κ1) is 14.2. The second-order valence-corrected chi connectivity index (χ2v) is 4.43. The van der Waals surface area contributed by atoms with Crippen molar-refractivity contribution >= 4 is 17.7 Å². The van der Waals surface area contributed by atoms with Gasteiger partial charge in [-0.2, -0.15) is 4.99 Å². The maximum atomic E-state index is 11.9. The van der Waals surface area contributed by atoms with Gasteiger partial charge in [-0.15, -0.1) is 0 Å². The molecule has 0 bridgehead atoms. The van der Waals surface area contributed by atoms with Crippen LogP contribution in [0.25, 0.3) is 0 Å². The van der Waals surface area contributed by atoms with E-state index in [2.05, 4.69) is 4.99 Å². The fourth-order valence-corrected chi connectivity index (χ4v) is 1.94. The number of hydrogen-bond donors (Lipinski definition) is 0. The minimum atomic E-state index is -0.0547. The number of ether oxygens (including phenoxy) is 2. The van der Waals surface area contributed by atoms with E-state index in [4.69, 9.17) is 9.47 Å². The molecule has 1 aromatic rings. The van der Waals surface area contributed by atoms with Gasteiger partial charge in [0.1, 0.15) is 5.75 Å². The number of nitrogens with zero attached hydrogens (tertiary/aromatic N) is 2. The third-order valence-electron chi connectivity index (χ3n) is 3.06. The number of isocyanates is 1. The van der Waals surface area contributed by atoms with Crippen LogP contribution in [0.5, 0.6) is 5.75 Å². The Labute approximate surface area is 117 Å². The summed E-state index contributed by atoms with van der Waals surface area (Å²) < 4.78 is 10.7. The largest absolute Gasteiger partial charge is 0.484 e. The van der Waals surface area contributed by atoms with Gasteiger partial charge in [0.25, 0.3) is 5.91 Å². The number of morpholine rings is 1. The van der Waals surface area contributed by atoms with Crippen LogP contribution in [-0.2, 0) is 14.3 Å². The second-order valence-electron chi connectivity index (χ2n) is 4.43. The Hall–Kier alpha value is -2.17. The van der Waals surface area contributed by atoms with Gasteiger partial charge in [0.15, 0.2) is 6.61 Å². The Bertz CT molecular complexity index is 532. The molecule has 1 amide bonds. The summed E-state index contributed by atoms with van der Waals surface area (Å²) in [7, 11) is 0. The van der Waals surface area contributed by atoms with E-state index in [9.17, 15) is 9.59 Å². The van der Waals surface area contributed by atoms with Crippen molar-refractivity contribution in [1.29, 1.82) is 0 Å². The van der Waals surface area contributed by atoms with Gasteiger partial charge in [-0.1, -0.05) is 0 Å². The molecule has 0 atom stereocenters. The maximum absolute atomic E-state index is 11.9. The lowest BCUT2D eigenvalue weighted by atomic mass is 10.2. The molecule has 106 valence electrons. The van der Waals surface area contributed by atoms with Crippen LogP contribution >= 0.6 is 0 Å². The van der Waals surface area contributed by atoms with Crippen LogP contribution in [0, 0.1) is 6.92 Å². The van der Waals surface area contributed by atoms with E-state index in [1.165, 1.54) is 6.08 Å². The molecule has 0 aromatic heterocycles. The first-order chi connectivity index (χ1) is 9.70. The second kappa shape index (κ2) is 6.84. The quantitative estimate of drug-likeness (QED) is 0.612. The van der Waals surface area contributed by atoms with Crippen LogP contribution < -0.4 is 4.74 Å². The molecule has 0 spiro atoms. The molecule has 0 radical (unpaired) electrons. The number of carbonyl (C=O) groups is 1. The highest BCUT2D eigenvalue weighted by Gasteiger charge is 2.17. The van der Waals surface area contributed by atoms with E-state index in [0.717, 1.165) is 5.56 Å². The van der Waals surface area contributed by atoms with Crippen LogP contribution in [0.15, 0.2) is 23.2 Å². The van der Waals surface area contributed by atoms with E-state index < -0.39 is 0 Å². The zero-order valence-electron chi connectivity index (χ0n) is 11.3. The minimum Gasteiger partial charge on any atom is -0.484 e. The molecule has 1 fully saturated rings. The highest BCUT2D eigenvalue weighted by Crippen LogP contribution is 2.23. The predicted molar refractivity (Wildman–Crippen MR) is 71.9 cm³/mol. The zero-order valence-corrected chi connectivity index (χ0v) is 11.3. The fourth-order valence-electron chi connectivity index (χ4n) is 1.94. The molecule has 1 saturated heterocycles. The SMILES string of the molecule is Cc1cc(OCC(=O)N2CCOCC2)ccc1N=C=O. The zero-order chi connectivity index (χ0) is 14.4. The lowest BCUT2D eigenvalue weighted by Crippen LogP contribution is -2.42. The Morgan fingerprint density at radius 1 is 1.45 bits per heavy atom. The van der Waals surface area contributed by atoms with Gasteiger partial charge in [0.2, 0.25) is 6.08 Å². The fraction of sp³-hybridized carbons (Fsp3) is 0.429. The highest BCUT2D eigenvalue weighted by molar-refractivity contribution is 5.77. The third kappa shape index (κ3) is 3.66. The Kier molecular flexibility index (Phi) is 4.87. The molecular weight excluding hydrogens is 260 g/mol. The summed E-state index contributed by atoms with van der Waals surface area (Å²) >= 11 is 0. The average Bonchev–Trinajstić information content (AvgIpc) is 2.48. The van der Waals surface area contributed by atoms with Gasteiger partial charge in [-0.3, -0.25) is 4.79 Å². The van der Waals surface area contributed by atoms with Crippen molar-refractivity contribution < 1.29 is 19.1 Å². The van der Waals surface area contributed by atoms with Crippen molar-refractivity contribution in [2.45, 2.75) is 6.92 Å². The van der Waals surface area contributed by atoms with Gasteiger partial charge in [-0.25, -0.2) is 4.79 Å². The summed E-state index contributed by atoms with van der Waals surface area (Å²) in [5.41, 5.74) is 1.34. The molecule has 0 unspecified atom stereocenters. The molecule has 1 aliphatic heterocycles. The number of benzene rings is 1. The van der Waals surface area contributed by atoms with Gasteiger partial charge in [0.05, 0.1) is 18.9 Å². The molecule has 1 aliphatic rings. The third-order valence-corrected chi connectivity index (χ3v) is 3.06. The Balaban J connectivity index is 1.91. The molecule has 0 N–H and O–H groups in total. The summed E-state index contributed by atoms with van der Waals surface area (Å²) in [4.78, 5) is 27.4. The topological polar surface area (TPSA) is 68.2 Å². The van der Waals surface area contributed by atoms with Gasteiger partial charge < -0.3 is 14.4 Å². The summed E-state index contributed by atoms with van der Waals surface area (Å²) in [5, 5.41) is 0. The lowest BCUT2D eigenvalue weighted by Gasteiger charge is -2.26. The van der Waals surface area contributed by atoms with Crippen molar-refractivity contribution in [2.24, 2.45) is 4.99 Å². The summed E-state index contributed by atoms with van der Waals surface area (Å²) in [6.07, 6.45) is 1.50. The summed E-state index contributed by atoms with van der Waals surface area (Å²) in [6.45, 7) is 4.16. The Morgan fingerprint density at radius 2 is 2.20 bits per heavy atom. The monoisotopic (exact) mass is 276 g/mol. The maximum Gasteiger partial charge on any atom is 0.260 e. The van der Waals surface area contributed by atoms with Gasteiger partial charge in [-0.05, 0) is 30.7 Å². The molecule has 1 aromatic carbocycles. The summed E-state index contributed by atoms with van der Waals surface area (Å²) in [5.74, 6) is 0.523. The predicted octanol–water partition coefficient (Wildman–Crippen LogP) is 1.20. The van der Waals surface area contributed by atoms with E-state index >= 15 is 0 Å². The van der Waals surface area contributed by atoms with Gasteiger partial charge >= 0.3 is 0 Å². The Morgan fingerprint density at radius 3 is 2.85 bits per heavy atom. The van der Waals surface area contributed by atoms with Crippen molar-refractivity contribution in [1.82, 2.24) is 4.90 Å². The number of carbonyl (C=O) groups excluding carboxylic acids is 2. The van der Waals surface area contributed by atoms with E-state index in [-0.39, 0.29) is 12.5 Å². The van der Waals surface area contributed by atoms with Crippen molar-refractivity contribution in [3.63, 3.8) is 0 Å². The first-order valence-electron chi connectivity index (χ1n) is 6.37. The molecule has 2 rings (SSSR count). The molecule has 6 heteroatoms.